The molecule has 0 aliphatic rings. The largest absolute Gasteiger partial charge is 0.333 e. The van der Waals surface area contributed by atoms with Crippen LogP contribution in [0.25, 0.3) is 50.6 Å². The number of hydrogen-bond donors (Lipinski definition) is 0. The van der Waals surface area contributed by atoms with E-state index < -0.39 is 19.9 Å². The quantitative estimate of drug-likeness (QED) is 0.119. The zero-order valence-corrected chi connectivity index (χ0v) is 33.1. The van der Waals surface area contributed by atoms with E-state index in [1.165, 1.54) is 5.19 Å². The second-order valence-corrected chi connectivity index (χ2v) is 18.7. The number of benzene rings is 4. The third-order valence-corrected chi connectivity index (χ3v) is 10.5. The molecule has 4 aromatic carbocycles. The van der Waals surface area contributed by atoms with E-state index in [0.29, 0.717) is 0 Å². The van der Waals surface area contributed by atoms with Gasteiger partial charge in [0.1, 0.15) is 0 Å². The van der Waals surface area contributed by atoms with Crippen molar-refractivity contribution in [3.8, 4) is 39.6 Å². The maximum Gasteiger partial charge on any atom is 0.0796 e. The fourth-order valence-electron chi connectivity index (χ4n) is 5.85. The molecule has 0 saturated carbocycles. The Morgan fingerprint density at radius 1 is 0.680 bits per heavy atom. The number of para-hydroxylation sites is 3. The van der Waals surface area contributed by atoms with Gasteiger partial charge in [0.05, 0.1) is 30.6 Å². The minimum atomic E-state index is -1.30. The molecule has 0 N–H and O–H groups in total. The van der Waals surface area contributed by atoms with Crippen LogP contribution in [0.2, 0.25) is 19.6 Å². The van der Waals surface area contributed by atoms with Gasteiger partial charge in [0.15, 0.2) is 0 Å². The minimum absolute atomic E-state index is 0. The van der Waals surface area contributed by atoms with Gasteiger partial charge in [-0.25, -0.2) is 0 Å². The smallest absolute Gasteiger partial charge is 0.0796 e. The van der Waals surface area contributed by atoms with Gasteiger partial charge in [-0.2, -0.15) is 0 Å². The Morgan fingerprint density at radius 3 is 1.90 bits per heavy atom. The third kappa shape index (κ3) is 8.10. The predicted octanol–water partition coefficient (Wildman–Crippen LogP) is 10.9. The number of hydrogen-bond acceptors (Lipinski definition) is 3. The molecule has 7 aromatic rings. The number of imidazole rings is 1. The van der Waals surface area contributed by atoms with Crippen molar-refractivity contribution in [2.24, 2.45) is 0 Å². The van der Waals surface area contributed by atoms with Gasteiger partial charge in [-0.1, -0.05) is 89.8 Å². The maximum atomic E-state index is 8.80. The molecule has 0 spiro atoms. The molecule has 3 heterocycles. The van der Waals surface area contributed by atoms with Gasteiger partial charge in [0.2, 0.25) is 0 Å². The molecular weight excluding hydrogens is 805 g/mol. The first-order chi connectivity index (χ1) is 24.2. The average molecular weight is 851 g/mol. The van der Waals surface area contributed by atoms with Crippen molar-refractivity contribution < 1.29 is 22.8 Å². The monoisotopic (exact) mass is 851 g/mol. The molecule has 0 atom stereocenters. The molecule has 0 aliphatic carbocycles. The van der Waals surface area contributed by atoms with Crippen molar-refractivity contribution in [3.63, 3.8) is 0 Å². The molecule has 7 rings (SSSR count). The number of rotatable bonds is 7. The van der Waals surface area contributed by atoms with Gasteiger partial charge in [-0.15, -0.1) is 71.8 Å². The molecule has 0 aliphatic heterocycles. The zero-order chi connectivity index (χ0) is 36.4. The van der Waals surface area contributed by atoms with Gasteiger partial charge in [-0.05, 0) is 63.6 Å². The van der Waals surface area contributed by atoms with Crippen LogP contribution in [0.3, 0.4) is 0 Å². The first-order valence-corrected chi connectivity index (χ1v) is 20.2. The van der Waals surface area contributed by atoms with E-state index in [4.69, 9.17) is 7.73 Å². The molecular formula is C44H44IrN4Si-2. The summed E-state index contributed by atoms with van der Waals surface area (Å²) in [6, 6.07) is 44.6. The molecule has 50 heavy (non-hydrogen) atoms. The molecule has 6 heteroatoms. The summed E-state index contributed by atoms with van der Waals surface area (Å²) in [5, 5.41) is 1.38. The molecule has 0 amide bonds. The minimum Gasteiger partial charge on any atom is -0.333 e. The number of pyridine rings is 2. The Kier molecular flexibility index (Phi) is 10.9. The van der Waals surface area contributed by atoms with E-state index >= 15 is 0 Å². The molecule has 1 radical (unpaired) electrons. The van der Waals surface area contributed by atoms with Gasteiger partial charge in [0, 0.05) is 40.9 Å². The Bertz CT molecular complexity index is 2220. The van der Waals surface area contributed by atoms with Crippen LogP contribution in [-0.2, 0) is 20.1 Å². The number of nitrogens with zero attached hydrogens (tertiary/aromatic N) is 4. The Morgan fingerprint density at radius 2 is 1.32 bits per heavy atom. The summed E-state index contributed by atoms with van der Waals surface area (Å²) < 4.78 is 19.7. The summed E-state index contributed by atoms with van der Waals surface area (Å²) in [6.07, 6.45) is 3.86. The summed E-state index contributed by atoms with van der Waals surface area (Å²) >= 11 is 0. The average Bonchev–Trinajstić information content (AvgIpc) is 3.51. The van der Waals surface area contributed by atoms with Crippen LogP contribution in [0.15, 0.2) is 128 Å². The van der Waals surface area contributed by atoms with E-state index in [1.807, 2.05) is 137 Å². The standard InChI is InChI=1S/C25H25N2.C19H19N2Si.Ir/c1-17(2)20-13-10-14-21(18(3)4)24(20)27-23-16-9-8-15-22(23)26-25(27)19-11-6-5-7-12-19;1-22(2,3)17-9-10-18(21-14-17)16-11-12-20-19(13-16)15-7-5-4-6-8-15;/h5-11,13-18H,1-4H3;4-7,9-14H,1-3H3;/q2*-1;/i17D,18D;;. The van der Waals surface area contributed by atoms with Crippen molar-refractivity contribution in [3.05, 3.63) is 151 Å². The second-order valence-electron chi connectivity index (χ2n) is 13.6. The van der Waals surface area contributed by atoms with E-state index in [9.17, 15) is 0 Å². The van der Waals surface area contributed by atoms with Crippen molar-refractivity contribution in [1.29, 1.82) is 0 Å². The molecule has 3 aromatic heterocycles. The van der Waals surface area contributed by atoms with Crippen LogP contribution in [0.4, 0.5) is 0 Å². The normalized spacial score (nSPS) is 12.3. The summed E-state index contributed by atoms with van der Waals surface area (Å²) in [5.74, 6) is -0.895. The van der Waals surface area contributed by atoms with Crippen LogP contribution in [0, 0.1) is 12.1 Å². The predicted molar refractivity (Wildman–Crippen MR) is 208 cm³/mol. The number of fused-ring (bicyclic) bond motifs is 1. The molecule has 0 bridgehead atoms. The van der Waals surface area contributed by atoms with Crippen molar-refractivity contribution >= 4 is 24.3 Å². The van der Waals surface area contributed by atoms with E-state index in [1.54, 1.807) is 0 Å². The van der Waals surface area contributed by atoms with Crippen LogP contribution in [0.5, 0.6) is 0 Å². The fourth-order valence-corrected chi connectivity index (χ4v) is 6.89. The molecule has 255 valence electrons. The van der Waals surface area contributed by atoms with Crippen molar-refractivity contribution in [1.82, 2.24) is 19.5 Å². The SMILES string of the molecule is C[Si](C)(C)c1ccc(-c2ccnc(-c3[c-]cccc3)c2)nc1.[2H]C(C)(C)c1cccc(C([2H])(C)C)c1-n1c(-c2[c-]cccc2)nc2ccccc21.[Ir]. The summed E-state index contributed by atoms with van der Waals surface area (Å²) in [5.41, 5.74) is 9.34. The van der Waals surface area contributed by atoms with Crippen molar-refractivity contribution in [2.75, 3.05) is 0 Å². The van der Waals surface area contributed by atoms with Gasteiger partial charge in [-0.3, -0.25) is 9.97 Å². The molecule has 0 fully saturated rings. The first kappa shape index (κ1) is 34.0. The summed E-state index contributed by atoms with van der Waals surface area (Å²) in [7, 11) is -1.30. The fraction of sp³-hybridized carbons (Fsp3) is 0.205. The Hall–Kier alpha value is -4.48. The van der Waals surface area contributed by atoms with Crippen LogP contribution >= 0.6 is 0 Å². The van der Waals surface area contributed by atoms with Gasteiger partial charge >= 0.3 is 0 Å². The van der Waals surface area contributed by atoms with E-state index in [2.05, 4.69) is 64.5 Å². The Labute approximate surface area is 314 Å². The summed E-state index contributed by atoms with van der Waals surface area (Å²) in [6.45, 7) is 14.6. The first-order valence-electron chi connectivity index (χ1n) is 17.7. The van der Waals surface area contributed by atoms with Crippen LogP contribution in [0.1, 0.15) is 53.4 Å². The third-order valence-electron chi connectivity index (χ3n) is 8.52. The topological polar surface area (TPSA) is 43.6 Å². The summed E-state index contributed by atoms with van der Waals surface area (Å²) in [4.78, 5) is 14.0. The van der Waals surface area contributed by atoms with Gasteiger partial charge < -0.3 is 9.55 Å². The second kappa shape index (κ2) is 16.0. The van der Waals surface area contributed by atoms with E-state index in [0.717, 1.165) is 61.8 Å². The zero-order valence-electron chi connectivity index (χ0n) is 31.7. The van der Waals surface area contributed by atoms with Gasteiger partial charge in [0.25, 0.3) is 0 Å². The number of aromatic nitrogens is 4. The molecule has 0 unspecified atom stereocenters. The molecule has 4 nitrogen and oxygen atoms in total. The van der Waals surface area contributed by atoms with Crippen LogP contribution in [-0.4, -0.2) is 27.6 Å². The van der Waals surface area contributed by atoms with Crippen LogP contribution < -0.4 is 5.19 Å². The molecule has 0 saturated heterocycles. The Balaban J connectivity index is 0.000000205. The van der Waals surface area contributed by atoms with E-state index in [-0.39, 0.29) is 20.1 Å². The van der Waals surface area contributed by atoms with Crippen molar-refractivity contribution in [2.45, 2.75) is 59.1 Å². The maximum absolute atomic E-state index is 8.80.